The monoisotopic (exact) mass is 362 g/mol. The molecule has 25 heavy (non-hydrogen) atoms. The van der Waals surface area contributed by atoms with Gasteiger partial charge in [-0.3, -0.25) is 9.69 Å². The van der Waals surface area contributed by atoms with Crippen LogP contribution < -0.4 is 5.32 Å². The summed E-state index contributed by atoms with van der Waals surface area (Å²) in [6, 6.07) is 11.0. The molecule has 0 aliphatic carbocycles. The SMILES string of the molecule is Cc1cccc(NC(=O)CN(Cc2ccco2)[C@@H]2CCS(=O)(=O)C2)c1. The summed E-state index contributed by atoms with van der Waals surface area (Å²) in [6.45, 7) is 2.49. The zero-order chi connectivity index (χ0) is 17.9. The molecule has 1 N–H and O–H groups in total. The van der Waals surface area contributed by atoms with Gasteiger partial charge in [-0.1, -0.05) is 12.1 Å². The summed E-state index contributed by atoms with van der Waals surface area (Å²) in [6.07, 6.45) is 2.12. The van der Waals surface area contributed by atoms with Crippen LogP contribution in [0.2, 0.25) is 0 Å². The third-order valence-corrected chi connectivity index (χ3v) is 6.06. The van der Waals surface area contributed by atoms with Crippen molar-refractivity contribution >= 4 is 21.4 Å². The third-order valence-electron chi connectivity index (χ3n) is 4.31. The van der Waals surface area contributed by atoms with Gasteiger partial charge in [-0.2, -0.15) is 0 Å². The predicted octanol–water partition coefficient (Wildman–Crippen LogP) is 2.22. The van der Waals surface area contributed by atoms with Gasteiger partial charge in [-0.05, 0) is 43.2 Å². The second-order valence-electron chi connectivity index (χ2n) is 6.46. The molecule has 1 aliphatic heterocycles. The van der Waals surface area contributed by atoms with E-state index in [1.807, 2.05) is 42.2 Å². The summed E-state index contributed by atoms with van der Waals surface area (Å²) in [5.74, 6) is 0.811. The highest BCUT2D eigenvalue weighted by atomic mass is 32.2. The largest absolute Gasteiger partial charge is 0.468 e. The molecule has 134 valence electrons. The second kappa shape index (κ2) is 7.41. The maximum Gasteiger partial charge on any atom is 0.238 e. The number of rotatable bonds is 6. The second-order valence-corrected chi connectivity index (χ2v) is 8.69. The van der Waals surface area contributed by atoms with Gasteiger partial charge in [-0.25, -0.2) is 8.42 Å². The van der Waals surface area contributed by atoms with Gasteiger partial charge in [-0.15, -0.1) is 0 Å². The molecule has 1 saturated heterocycles. The lowest BCUT2D eigenvalue weighted by atomic mass is 10.2. The Morgan fingerprint density at radius 3 is 2.80 bits per heavy atom. The van der Waals surface area contributed by atoms with Gasteiger partial charge in [0, 0.05) is 11.7 Å². The minimum atomic E-state index is -3.02. The van der Waals surface area contributed by atoms with Crippen molar-refractivity contribution in [1.82, 2.24) is 4.90 Å². The van der Waals surface area contributed by atoms with E-state index < -0.39 is 9.84 Å². The number of nitrogens with zero attached hydrogens (tertiary/aromatic N) is 1. The van der Waals surface area contributed by atoms with Crippen LogP contribution in [0.1, 0.15) is 17.7 Å². The number of sulfone groups is 1. The fourth-order valence-electron chi connectivity index (χ4n) is 3.09. The Balaban J connectivity index is 1.69. The summed E-state index contributed by atoms with van der Waals surface area (Å²) < 4.78 is 29.0. The Kier molecular flexibility index (Phi) is 5.24. The van der Waals surface area contributed by atoms with E-state index in [0.717, 1.165) is 11.3 Å². The van der Waals surface area contributed by atoms with Gasteiger partial charge in [0.2, 0.25) is 5.91 Å². The van der Waals surface area contributed by atoms with Crippen LogP contribution in [0.5, 0.6) is 0 Å². The van der Waals surface area contributed by atoms with E-state index in [-0.39, 0.29) is 30.0 Å². The van der Waals surface area contributed by atoms with Crippen LogP contribution in [0.3, 0.4) is 0 Å². The Bertz CT molecular complexity index is 831. The summed E-state index contributed by atoms with van der Waals surface area (Å²) in [4.78, 5) is 14.3. The molecule has 2 heterocycles. The topological polar surface area (TPSA) is 79.6 Å². The molecule has 0 saturated carbocycles. The number of aryl methyl sites for hydroxylation is 1. The third kappa shape index (κ3) is 4.93. The van der Waals surface area contributed by atoms with Crippen LogP contribution in [0.15, 0.2) is 47.1 Å². The molecule has 0 bridgehead atoms. The van der Waals surface area contributed by atoms with Crippen LogP contribution in [-0.2, 0) is 21.2 Å². The number of carbonyl (C=O) groups excluding carboxylic acids is 1. The highest BCUT2D eigenvalue weighted by molar-refractivity contribution is 7.91. The van der Waals surface area contributed by atoms with Crippen molar-refractivity contribution in [1.29, 1.82) is 0 Å². The van der Waals surface area contributed by atoms with E-state index >= 15 is 0 Å². The average Bonchev–Trinajstić information content (AvgIpc) is 3.16. The molecule has 0 radical (unpaired) electrons. The van der Waals surface area contributed by atoms with Crippen LogP contribution in [0, 0.1) is 6.92 Å². The van der Waals surface area contributed by atoms with Crippen molar-refractivity contribution in [3.8, 4) is 0 Å². The summed E-state index contributed by atoms with van der Waals surface area (Å²) in [5, 5.41) is 2.88. The average molecular weight is 362 g/mol. The van der Waals surface area contributed by atoms with E-state index in [2.05, 4.69) is 5.32 Å². The Morgan fingerprint density at radius 1 is 1.32 bits per heavy atom. The lowest BCUT2D eigenvalue weighted by Crippen LogP contribution is -2.41. The first-order valence-electron chi connectivity index (χ1n) is 8.25. The maximum absolute atomic E-state index is 12.4. The maximum atomic E-state index is 12.4. The minimum Gasteiger partial charge on any atom is -0.468 e. The first kappa shape index (κ1) is 17.7. The van der Waals surface area contributed by atoms with E-state index in [4.69, 9.17) is 4.42 Å². The number of carbonyl (C=O) groups is 1. The van der Waals surface area contributed by atoms with Crippen molar-refractivity contribution in [2.75, 3.05) is 23.4 Å². The zero-order valence-electron chi connectivity index (χ0n) is 14.1. The Morgan fingerprint density at radius 2 is 2.16 bits per heavy atom. The lowest BCUT2D eigenvalue weighted by Gasteiger charge is -2.26. The summed E-state index contributed by atoms with van der Waals surface area (Å²) >= 11 is 0. The molecule has 1 amide bonds. The molecule has 2 aromatic rings. The van der Waals surface area contributed by atoms with Gasteiger partial charge >= 0.3 is 0 Å². The smallest absolute Gasteiger partial charge is 0.238 e. The zero-order valence-corrected chi connectivity index (χ0v) is 15.0. The van der Waals surface area contributed by atoms with E-state index in [1.54, 1.807) is 12.3 Å². The molecule has 0 spiro atoms. The number of nitrogens with one attached hydrogen (secondary N) is 1. The number of benzene rings is 1. The number of furan rings is 1. The standard InChI is InChI=1S/C18H22N2O4S/c1-14-4-2-5-15(10-14)19-18(21)12-20(11-17-6-3-8-24-17)16-7-9-25(22,23)13-16/h2-6,8,10,16H,7,9,11-13H2,1H3,(H,19,21)/t16-/m1/s1. The van der Waals surface area contributed by atoms with Crippen molar-refractivity contribution in [2.45, 2.75) is 25.9 Å². The van der Waals surface area contributed by atoms with E-state index in [0.29, 0.717) is 18.7 Å². The molecule has 1 fully saturated rings. The van der Waals surface area contributed by atoms with E-state index in [1.165, 1.54) is 0 Å². The number of amides is 1. The van der Waals surface area contributed by atoms with Crippen molar-refractivity contribution in [3.63, 3.8) is 0 Å². The van der Waals surface area contributed by atoms with Gasteiger partial charge in [0.1, 0.15) is 5.76 Å². The normalized spacial score (nSPS) is 19.2. The molecule has 6 nitrogen and oxygen atoms in total. The molecule has 1 aliphatic rings. The molecule has 1 atom stereocenters. The summed E-state index contributed by atoms with van der Waals surface area (Å²) in [5.41, 5.74) is 1.80. The van der Waals surface area contributed by atoms with Gasteiger partial charge < -0.3 is 9.73 Å². The Hall–Kier alpha value is -2.12. The molecular formula is C18H22N2O4S. The number of hydrogen-bond acceptors (Lipinski definition) is 5. The molecule has 3 rings (SSSR count). The van der Waals surface area contributed by atoms with Crippen molar-refractivity contribution < 1.29 is 17.6 Å². The molecule has 0 unspecified atom stereocenters. The van der Waals surface area contributed by atoms with E-state index in [9.17, 15) is 13.2 Å². The molecular weight excluding hydrogens is 340 g/mol. The highest BCUT2D eigenvalue weighted by Crippen LogP contribution is 2.20. The first-order chi connectivity index (χ1) is 11.9. The Labute approximate surface area is 147 Å². The van der Waals surface area contributed by atoms with Crippen LogP contribution in [0.25, 0.3) is 0 Å². The highest BCUT2D eigenvalue weighted by Gasteiger charge is 2.33. The fourth-order valence-corrected chi connectivity index (χ4v) is 4.85. The summed E-state index contributed by atoms with van der Waals surface area (Å²) in [7, 11) is -3.02. The molecule has 7 heteroatoms. The quantitative estimate of drug-likeness (QED) is 0.852. The van der Waals surface area contributed by atoms with Gasteiger partial charge in [0.05, 0.1) is 30.9 Å². The van der Waals surface area contributed by atoms with Gasteiger partial charge in [0.25, 0.3) is 0 Å². The van der Waals surface area contributed by atoms with Crippen molar-refractivity contribution in [2.24, 2.45) is 0 Å². The molecule has 1 aromatic carbocycles. The molecule has 1 aromatic heterocycles. The van der Waals surface area contributed by atoms with Crippen LogP contribution >= 0.6 is 0 Å². The lowest BCUT2D eigenvalue weighted by molar-refractivity contribution is -0.118. The van der Waals surface area contributed by atoms with Crippen molar-refractivity contribution in [3.05, 3.63) is 54.0 Å². The fraction of sp³-hybridized carbons (Fsp3) is 0.389. The number of hydrogen-bond donors (Lipinski definition) is 1. The number of anilines is 1. The van der Waals surface area contributed by atoms with Gasteiger partial charge in [0.15, 0.2) is 9.84 Å². The minimum absolute atomic E-state index is 0.0887. The predicted molar refractivity (Wildman–Crippen MR) is 96.0 cm³/mol. The van der Waals surface area contributed by atoms with Crippen LogP contribution in [0.4, 0.5) is 5.69 Å². The van der Waals surface area contributed by atoms with Crippen LogP contribution in [-0.4, -0.2) is 43.3 Å². The first-order valence-corrected chi connectivity index (χ1v) is 10.1.